The highest BCUT2D eigenvalue weighted by atomic mass is 16.5. The largest absolute Gasteiger partial charge is 0.496 e. The predicted molar refractivity (Wildman–Crippen MR) is 84.9 cm³/mol. The minimum atomic E-state index is -0.0315. The molecule has 22 heavy (non-hydrogen) atoms. The highest BCUT2D eigenvalue weighted by Gasteiger charge is 2.53. The Bertz CT molecular complexity index is 627. The van der Waals surface area contributed by atoms with Crippen molar-refractivity contribution < 1.29 is 9.53 Å². The number of carbonyl (C=O) groups is 1. The minimum Gasteiger partial charge on any atom is -0.496 e. The molecule has 0 spiro atoms. The zero-order valence-corrected chi connectivity index (χ0v) is 13.1. The van der Waals surface area contributed by atoms with Gasteiger partial charge in [0.1, 0.15) is 5.75 Å². The minimum absolute atomic E-state index is 0.0315. The third-order valence-corrected chi connectivity index (χ3v) is 5.77. The maximum atomic E-state index is 12.7. The molecule has 4 bridgehead atoms. The molecule has 4 fully saturated rings. The number of hydrogen-bond acceptors (Lipinski definition) is 4. The first-order valence-electron chi connectivity index (χ1n) is 8.04. The number of rotatable bonds is 3. The Kier molecular flexibility index (Phi) is 3.08. The number of benzene rings is 1. The van der Waals surface area contributed by atoms with Gasteiger partial charge in [-0.25, -0.2) is 0 Å². The second-order valence-electron chi connectivity index (χ2n) is 7.05. The molecule has 0 aromatic heterocycles. The van der Waals surface area contributed by atoms with Crippen LogP contribution in [0, 0.1) is 24.7 Å². The standard InChI is InChI=1S/C17H23N3O2/c1-9-3-12(15(22-2)5-14(9)18)17(21)19-16-11-4-10-6-20(7-11)8-13(10)16/h3,5,10-11,13,16H,4,6-8,18H2,1-2H3,(H,19,21). The second-order valence-corrected chi connectivity index (χ2v) is 7.05. The summed E-state index contributed by atoms with van der Waals surface area (Å²) in [6, 6.07) is 3.89. The number of amides is 1. The van der Waals surface area contributed by atoms with Gasteiger partial charge < -0.3 is 20.7 Å². The van der Waals surface area contributed by atoms with Crippen LogP contribution < -0.4 is 15.8 Å². The van der Waals surface area contributed by atoms with Crippen molar-refractivity contribution in [2.75, 3.05) is 32.5 Å². The summed E-state index contributed by atoms with van der Waals surface area (Å²) < 4.78 is 5.34. The maximum Gasteiger partial charge on any atom is 0.255 e. The van der Waals surface area contributed by atoms with Crippen LogP contribution in [-0.2, 0) is 0 Å². The van der Waals surface area contributed by atoms with Crippen molar-refractivity contribution in [3.63, 3.8) is 0 Å². The SMILES string of the molecule is COc1cc(N)c(C)cc1C(=O)NC1C2CC3CN(C2)CC31. The lowest BCUT2D eigenvalue weighted by Crippen LogP contribution is -2.50. The first-order chi connectivity index (χ1) is 10.6. The van der Waals surface area contributed by atoms with Gasteiger partial charge in [0.25, 0.3) is 5.91 Å². The molecule has 118 valence electrons. The molecular formula is C17H23N3O2. The molecule has 0 radical (unpaired) electrons. The molecule has 1 aliphatic carbocycles. The van der Waals surface area contributed by atoms with Crippen LogP contribution in [0.25, 0.3) is 0 Å². The van der Waals surface area contributed by atoms with Gasteiger partial charge in [-0.3, -0.25) is 4.79 Å². The summed E-state index contributed by atoms with van der Waals surface area (Å²) in [5.41, 5.74) is 8.06. The quantitative estimate of drug-likeness (QED) is 0.825. The third-order valence-electron chi connectivity index (χ3n) is 5.77. The molecule has 5 atom stereocenters. The van der Waals surface area contributed by atoms with Crippen LogP contribution in [0.4, 0.5) is 5.69 Å². The number of hydrogen-bond donors (Lipinski definition) is 2. The topological polar surface area (TPSA) is 67.6 Å². The second kappa shape index (κ2) is 4.88. The zero-order chi connectivity index (χ0) is 15.4. The summed E-state index contributed by atoms with van der Waals surface area (Å²) in [5.74, 6) is 2.54. The van der Waals surface area contributed by atoms with Gasteiger partial charge in [-0.2, -0.15) is 0 Å². The van der Waals surface area contributed by atoms with Gasteiger partial charge in [0, 0.05) is 37.4 Å². The molecule has 5 rings (SSSR count). The number of nitrogens with one attached hydrogen (secondary N) is 1. The number of nitrogens with zero attached hydrogens (tertiary/aromatic N) is 1. The van der Waals surface area contributed by atoms with Crippen molar-refractivity contribution in [2.24, 2.45) is 17.8 Å². The van der Waals surface area contributed by atoms with E-state index >= 15 is 0 Å². The van der Waals surface area contributed by atoms with E-state index in [9.17, 15) is 4.79 Å². The third kappa shape index (κ3) is 1.99. The van der Waals surface area contributed by atoms with Crippen LogP contribution in [-0.4, -0.2) is 43.6 Å². The summed E-state index contributed by atoms with van der Waals surface area (Å²) in [7, 11) is 1.58. The van der Waals surface area contributed by atoms with Gasteiger partial charge in [0.05, 0.1) is 12.7 Å². The Morgan fingerprint density at radius 1 is 1.32 bits per heavy atom. The van der Waals surface area contributed by atoms with E-state index in [1.807, 2.05) is 13.0 Å². The van der Waals surface area contributed by atoms with Crippen molar-refractivity contribution in [3.05, 3.63) is 23.3 Å². The molecule has 1 saturated carbocycles. The molecule has 4 aliphatic rings. The van der Waals surface area contributed by atoms with Crippen LogP contribution in [0.15, 0.2) is 12.1 Å². The van der Waals surface area contributed by atoms with Crippen LogP contribution in [0.3, 0.4) is 0 Å². The van der Waals surface area contributed by atoms with Crippen molar-refractivity contribution >= 4 is 11.6 Å². The lowest BCUT2D eigenvalue weighted by molar-refractivity contribution is 0.0875. The number of ether oxygens (including phenoxy) is 1. The summed E-state index contributed by atoms with van der Waals surface area (Å²) in [6.45, 7) is 5.41. The van der Waals surface area contributed by atoms with Crippen molar-refractivity contribution in [3.8, 4) is 5.75 Å². The van der Waals surface area contributed by atoms with E-state index in [1.165, 1.54) is 13.0 Å². The van der Waals surface area contributed by atoms with E-state index in [2.05, 4.69) is 10.2 Å². The fourth-order valence-corrected chi connectivity index (χ4v) is 4.70. The fourth-order valence-electron chi connectivity index (χ4n) is 4.70. The predicted octanol–water partition coefficient (Wildman–Crippen LogP) is 1.27. The molecule has 5 nitrogen and oxygen atoms in total. The molecule has 5 heteroatoms. The number of methoxy groups -OCH3 is 1. The highest BCUT2D eigenvalue weighted by Crippen LogP contribution is 2.47. The first-order valence-corrected chi connectivity index (χ1v) is 8.04. The average molecular weight is 301 g/mol. The summed E-state index contributed by atoms with van der Waals surface area (Å²) in [6.07, 6.45) is 1.27. The Hall–Kier alpha value is -1.75. The number of anilines is 1. The Morgan fingerprint density at radius 3 is 2.82 bits per heavy atom. The Balaban J connectivity index is 1.57. The number of piperidine rings is 2. The average Bonchev–Trinajstić information content (AvgIpc) is 2.91. The molecule has 3 heterocycles. The smallest absolute Gasteiger partial charge is 0.255 e. The molecule has 1 aromatic rings. The monoisotopic (exact) mass is 301 g/mol. The van der Waals surface area contributed by atoms with Crippen LogP contribution in [0.2, 0.25) is 0 Å². The molecule has 3 N–H and O–H groups in total. The Labute approximate surface area is 130 Å². The van der Waals surface area contributed by atoms with E-state index in [0.29, 0.717) is 34.9 Å². The van der Waals surface area contributed by atoms with Gasteiger partial charge in [0.15, 0.2) is 0 Å². The van der Waals surface area contributed by atoms with Crippen molar-refractivity contribution in [1.29, 1.82) is 0 Å². The van der Waals surface area contributed by atoms with E-state index in [-0.39, 0.29) is 5.91 Å². The molecular weight excluding hydrogens is 278 g/mol. The van der Waals surface area contributed by atoms with E-state index in [0.717, 1.165) is 24.6 Å². The van der Waals surface area contributed by atoms with E-state index < -0.39 is 0 Å². The normalized spacial score (nSPS) is 34.9. The summed E-state index contributed by atoms with van der Waals surface area (Å²) in [4.78, 5) is 15.3. The highest BCUT2D eigenvalue weighted by molar-refractivity contribution is 5.98. The first kappa shape index (κ1) is 13.9. The van der Waals surface area contributed by atoms with Crippen LogP contribution >= 0.6 is 0 Å². The van der Waals surface area contributed by atoms with Gasteiger partial charge >= 0.3 is 0 Å². The van der Waals surface area contributed by atoms with Crippen LogP contribution in [0.5, 0.6) is 5.75 Å². The molecule has 3 saturated heterocycles. The molecule has 1 aromatic carbocycles. The number of carbonyl (C=O) groups excluding carboxylic acids is 1. The lowest BCUT2D eigenvalue weighted by atomic mass is 9.93. The number of nitrogens with two attached hydrogens (primary N) is 1. The molecule has 5 unspecified atom stereocenters. The van der Waals surface area contributed by atoms with Gasteiger partial charge in [-0.15, -0.1) is 0 Å². The number of aryl methyl sites for hydroxylation is 1. The van der Waals surface area contributed by atoms with E-state index in [4.69, 9.17) is 10.5 Å². The Morgan fingerprint density at radius 2 is 2.09 bits per heavy atom. The van der Waals surface area contributed by atoms with Gasteiger partial charge in [-0.05, 0) is 42.7 Å². The van der Waals surface area contributed by atoms with Gasteiger partial charge in [-0.1, -0.05) is 0 Å². The molecule has 3 aliphatic heterocycles. The lowest BCUT2D eigenvalue weighted by Gasteiger charge is -2.35. The van der Waals surface area contributed by atoms with Crippen molar-refractivity contribution in [2.45, 2.75) is 19.4 Å². The summed E-state index contributed by atoms with van der Waals surface area (Å²) >= 11 is 0. The van der Waals surface area contributed by atoms with Crippen LogP contribution in [0.1, 0.15) is 22.3 Å². The fraction of sp³-hybridized carbons (Fsp3) is 0.588. The molecule has 1 amide bonds. The van der Waals surface area contributed by atoms with E-state index in [1.54, 1.807) is 13.2 Å². The zero-order valence-electron chi connectivity index (χ0n) is 13.1. The number of nitrogen functional groups attached to an aromatic ring is 1. The summed E-state index contributed by atoms with van der Waals surface area (Å²) in [5, 5.41) is 3.29. The van der Waals surface area contributed by atoms with Crippen molar-refractivity contribution in [1.82, 2.24) is 10.2 Å². The maximum absolute atomic E-state index is 12.7. The van der Waals surface area contributed by atoms with Gasteiger partial charge in [0.2, 0.25) is 0 Å².